The molecule has 0 amide bonds. The smallest absolute Gasteiger partial charge is 0.119 e. The molecular weight excluding hydrogens is 200 g/mol. The third-order valence-corrected chi connectivity index (χ3v) is 2.81. The van der Waals surface area contributed by atoms with Crippen molar-refractivity contribution in [2.24, 2.45) is 0 Å². The summed E-state index contributed by atoms with van der Waals surface area (Å²) in [6.07, 6.45) is 0. The summed E-state index contributed by atoms with van der Waals surface area (Å²) in [5.74, 6) is 0.259. The van der Waals surface area contributed by atoms with E-state index in [2.05, 4.69) is 20.8 Å². The highest BCUT2D eigenvalue weighted by Gasteiger charge is 2.24. The zero-order chi connectivity index (χ0) is 12.7. The summed E-state index contributed by atoms with van der Waals surface area (Å²) in [6, 6.07) is 3.64. The summed E-state index contributed by atoms with van der Waals surface area (Å²) in [6.45, 7) is 11.6. The van der Waals surface area contributed by atoms with E-state index in [0.717, 1.165) is 16.7 Å². The van der Waals surface area contributed by atoms with Crippen molar-refractivity contribution in [1.29, 1.82) is 0 Å². The molecule has 0 aromatic heterocycles. The van der Waals surface area contributed by atoms with Gasteiger partial charge in [0.05, 0.1) is 5.60 Å². The zero-order valence-electron chi connectivity index (χ0n) is 11.0. The van der Waals surface area contributed by atoms with Crippen LogP contribution in [-0.2, 0) is 11.0 Å². The summed E-state index contributed by atoms with van der Waals surface area (Å²) in [5, 5.41) is 20.0. The molecule has 1 aromatic carbocycles. The fourth-order valence-electron chi connectivity index (χ4n) is 1.96. The SMILES string of the molecule is Cc1cc(C(C)(C)C)c(O)cc1C(C)(C)O. The molecule has 0 heterocycles. The van der Waals surface area contributed by atoms with Crippen molar-refractivity contribution in [3.63, 3.8) is 0 Å². The van der Waals surface area contributed by atoms with Crippen molar-refractivity contribution in [1.82, 2.24) is 0 Å². The molecule has 90 valence electrons. The highest BCUT2D eigenvalue weighted by molar-refractivity contribution is 5.46. The normalized spacial score (nSPS) is 12.9. The van der Waals surface area contributed by atoms with E-state index < -0.39 is 5.60 Å². The van der Waals surface area contributed by atoms with Crippen LogP contribution in [0.15, 0.2) is 12.1 Å². The first-order valence-electron chi connectivity index (χ1n) is 5.60. The van der Waals surface area contributed by atoms with Gasteiger partial charge >= 0.3 is 0 Å². The highest BCUT2D eigenvalue weighted by atomic mass is 16.3. The standard InChI is InChI=1S/C14H22O2/c1-9-7-11(13(2,3)4)12(15)8-10(9)14(5,6)16/h7-8,15-16H,1-6H3. The van der Waals surface area contributed by atoms with Gasteiger partial charge in [0.1, 0.15) is 5.75 Å². The van der Waals surface area contributed by atoms with Crippen LogP contribution < -0.4 is 0 Å². The number of aliphatic hydroxyl groups is 1. The van der Waals surface area contributed by atoms with Crippen molar-refractivity contribution in [2.45, 2.75) is 52.6 Å². The van der Waals surface area contributed by atoms with Crippen LogP contribution >= 0.6 is 0 Å². The Morgan fingerprint density at radius 3 is 1.81 bits per heavy atom. The second-order valence-corrected chi connectivity index (χ2v) is 5.99. The number of hydrogen-bond donors (Lipinski definition) is 2. The molecule has 2 nitrogen and oxygen atoms in total. The van der Waals surface area contributed by atoms with Gasteiger partial charge < -0.3 is 10.2 Å². The van der Waals surface area contributed by atoms with Crippen molar-refractivity contribution in [2.75, 3.05) is 0 Å². The summed E-state index contributed by atoms with van der Waals surface area (Å²) in [4.78, 5) is 0. The molecule has 0 bridgehead atoms. The predicted molar refractivity (Wildman–Crippen MR) is 66.8 cm³/mol. The molecule has 0 aliphatic heterocycles. The summed E-state index contributed by atoms with van der Waals surface area (Å²) < 4.78 is 0. The quantitative estimate of drug-likeness (QED) is 0.766. The zero-order valence-corrected chi connectivity index (χ0v) is 11.0. The average Bonchev–Trinajstić information content (AvgIpc) is 2.04. The number of phenolic OH excluding ortho intramolecular Hbond substituents is 1. The number of hydrogen-bond acceptors (Lipinski definition) is 2. The molecule has 0 radical (unpaired) electrons. The maximum atomic E-state index is 10.0. The minimum atomic E-state index is -0.919. The lowest BCUT2D eigenvalue weighted by molar-refractivity contribution is 0.0776. The molecule has 0 saturated carbocycles. The van der Waals surface area contributed by atoms with Crippen molar-refractivity contribution < 1.29 is 10.2 Å². The Morgan fingerprint density at radius 1 is 0.938 bits per heavy atom. The minimum Gasteiger partial charge on any atom is -0.508 e. The summed E-state index contributed by atoms with van der Waals surface area (Å²) >= 11 is 0. The fourth-order valence-corrected chi connectivity index (χ4v) is 1.96. The van der Waals surface area contributed by atoms with Crippen LogP contribution in [0, 0.1) is 6.92 Å². The van der Waals surface area contributed by atoms with Crippen molar-refractivity contribution >= 4 is 0 Å². The number of benzene rings is 1. The van der Waals surface area contributed by atoms with Crippen LogP contribution in [0.2, 0.25) is 0 Å². The molecule has 2 N–H and O–H groups in total. The van der Waals surface area contributed by atoms with Crippen molar-refractivity contribution in [3.05, 3.63) is 28.8 Å². The lowest BCUT2D eigenvalue weighted by Crippen LogP contribution is -2.19. The molecule has 0 unspecified atom stereocenters. The third-order valence-electron chi connectivity index (χ3n) is 2.81. The molecule has 0 fully saturated rings. The maximum absolute atomic E-state index is 10.0. The predicted octanol–water partition coefficient (Wildman–Crippen LogP) is 3.23. The first kappa shape index (κ1) is 13.0. The van der Waals surface area contributed by atoms with Gasteiger partial charge in [-0.1, -0.05) is 26.8 Å². The van der Waals surface area contributed by atoms with Gasteiger partial charge in [-0.05, 0) is 48.9 Å². The van der Waals surface area contributed by atoms with E-state index in [0.29, 0.717) is 0 Å². The van der Waals surface area contributed by atoms with Crippen LogP contribution in [0.4, 0.5) is 0 Å². The van der Waals surface area contributed by atoms with Crippen LogP contribution in [0.3, 0.4) is 0 Å². The number of aryl methyl sites for hydroxylation is 1. The van der Waals surface area contributed by atoms with Crippen LogP contribution in [0.5, 0.6) is 5.75 Å². The van der Waals surface area contributed by atoms with E-state index in [4.69, 9.17) is 0 Å². The van der Waals surface area contributed by atoms with Crippen LogP contribution in [0.1, 0.15) is 51.3 Å². The van der Waals surface area contributed by atoms with Gasteiger partial charge in [-0.2, -0.15) is 0 Å². The second-order valence-electron chi connectivity index (χ2n) is 5.99. The molecule has 2 heteroatoms. The first-order chi connectivity index (χ1) is 7.03. The van der Waals surface area contributed by atoms with Gasteiger partial charge in [-0.3, -0.25) is 0 Å². The Bertz CT molecular complexity index is 353. The third kappa shape index (κ3) is 2.56. The number of phenols is 1. The van der Waals surface area contributed by atoms with Crippen molar-refractivity contribution in [3.8, 4) is 5.75 Å². The Labute approximate surface area is 97.9 Å². The Hall–Kier alpha value is -1.02. The molecular formula is C14H22O2. The Balaban J connectivity index is 3.40. The molecule has 0 aliphatic rings. The molecule has 1 rings (SSSR count). The fraction of sp³-hybridized carbons (Fsp3) is 0.571. The first-order valence-corrected chi connectivity index (χ1v) is 5.60. The lowest BCUT2D eigenvalue weighted by Gasteiger charge is -2.26. The molecule has 0 saturated heterocycles. The number of aromatic hydroxyl groups is 1. The second kappa shape index (κ2) is 3.77. The van der Waals surface area contributed by atoms with Gasteiger partial charge in [0.25, 0.3) is 0 Å². The van der Waals surface area contributed by atoms with Gasteiger partial charge in [-0.15, -0.1) is 0 Å². The van der Waals surface area contributed by atoms with E-state index in [1.165, 1.54) is 0 Å². The summed E-state index contributed by atoms with van der Waals surface area (Å²) in [5.41, 5.74) is 1.69. The van der Waals surface area contributed by atoms with Gasteiger partial charge in [-0.25, -0.2) is 0 Å². The topological polar surface area (TPSA) is 40.5 Å². The minimum absolute atomic E-state index is 0.0903. The lowest BCUT2D eigenvalue weighted by atomic mass is 9.82. The Kier molecular flexibility index (Phi) is 3.08. The van der Waals surface area contributed by atoms with Crippen LogP contribution in [0.25, 0.3) is 0 Å². The largest absolute Gasteiger partial charge is 0.508 e. The van der Waals surface area contributed by atoms with E-state index >= 15 is 0 Å². The van der Waals surface area contributed by atoms with E-state index in [9.17, 15) is 10.2 Å². The monoisotopic (exact) mass is 222 g/mol. The van der Waals surface area contributed by atoms with E-state index in [1.807, 2.05) is 13.0 Å². The molecule has 0 aliphatic carbocycles. The van der Waals surface area contributed by atoms with Crippen LogP contribution in [-0.4, -0.2) is 10.2 Å². The highest BCUT2D eigenvalue weighted by Crippen LogP contribution is 2.35. The van der Waals surface area contributed by atoms with Gasteiger partial charge in [0, 0.05) is 0 Å². The maximum Gasteiger partial charge on any atom is 0.119 e. The van der Waals surface area contributed by atoms with Gasteiger partial charge in [0.15, 0.2) is 0 Å². The summed E-state index contributed by atoms with van der Waals surface area (Å²) in [7, 11) is 0. The number of rotatable bonds is 1. The Morgan fingerprint density at radius 2 is 1.44 bits per heavy atom. The molecule has 16 heavy (non-hydrogen) atoms. The molecule has 1 aromatic rings. The average molecular weight is 222 g/mol. The molecule has 0 atom stereocenters. The molecule has 0 spiro atoms. The van der Waals surface area contributed by atoms with Gasteiger partial charge in [0.2, 0.25) is 0 Å². The van der Waals surface area contributed by atoms with E-state index in [-0.39, 0.29) is 11.2 Å². The van der Waals surface area contributed by atoms with E-state index in [1.54, 1.807) is 19.9 Å².